The molecule has 2 aromatic carbocycles. The number of benzene rings is 2. The summed E-state index contributed by atoms with van der Waals surface area (Å²) in [6, 6.07) is 14.0. The van der Waals surface area contributed by atoms with Gasteiger partial charge in [-0.05, 0) is 41.5 Å². The van der Waals surface area contributed by atoms with Crippen molar-refractivity contribution in [2.45, 2.75) is 18.1 Å². The Bertz CT molecular complexity index is 1290. The minimum atomic E-state index is -4.70. The second-order valence-corrected chi connectivity index (χ2v) is 8.11. The first-order valence-corrected chi connectivity index (χ1v) is 10.4. The van der Waals surface area contributed by atoms with E-state index in [1.54, 1.807) is 12.1 Å². The molecule has 2 heterocycles. The Labute approximate surface area is 197 Å². The van der Waals surface area contributed by atoms with Crippen LogP contribution in [0.1, 0.15) is 39.0 Å². The van der Waals surface area contributed by atoms with Gasteiger partial charge in [-0.2, -0.15) is 18.4 Å². The van der Waals surface area contributed by atoms with Gasteiger partial charge in [0.15, 0.2) is 0 Å². The maximum absolute atomic E-state index is 13.6. The summed E-state index contributed by atoms with van der Waals surface area (Å²) >= 11 is 6.03. The van der Waals surface area contributed by atoms with E-state index >= 15 is 0 Å². The fourth-order valence-corrected chi connectivity index (χ4v) is 4.35. The molecule has 172 valence electrons. The van der Waals surface area contributed by atoms with E-state index < -0.39 is 36.5 Å². The van der Waals surface area contributed by atoms with Gasteiger partial charge < -0.3 is 10.2 Å². The van der Waals surface area contributed by atoms with Crippen LogP contribution in [0.5, 0.6) is 0 Å². The lowest BCUT2D eigenvalue weighted by molar-refractivity contribution is -0.148. The lowest BCUT2D eigenvalue weighted by atomic mass is 9.79. The van der Waals surface area contributed by atoms with Crippen molar-refractivity contribution < 1.29 is 22.8 Å². The van der Waals surface area contributed by atoms with E-state index in [1.807, 2.05) is 6.07 Å². The molecule has 10 heteroatoms. The number of carbonyl (C=O) groups is 2. The lowest BCUT2D eigenvalue weighted by Gasteiger charge is -2.41. The summed E-state index contributed by atoms with van der Waals surface area (Å²) in [6.07, 6.45) is -1.92. The summed E-state index contributed by atoms with van der Waals surface area (Å²) in [7, 11) is 0. The van der Waals surface area contributed by atoms with Crippen molar-refractivity contribution in [2.24, 2.45) is 0 Å². The molecule has 0 spiro atoms. The number of rotatable bonds is 4. The molecular formula is C24H16ClF3N4O2. The molecule has 1 aliphatic rings. The smallest absolute Gasteiger partial charge is 0.325 e. The fraction of sp³-hybridized carbons (Fsp3) is 0.167. The highest BCUT2D eigenvalue weighted by atomic mass is 35.5. The van der Waals surface area contributed by atoms with Crippen LogP contribution < -0.4 is 5.32 Å². The summed E-state index contributed by atoms with van der Waals surface area (Å²) in [6.45, 7) is -1.54. The largest absolute Gasteiger partial charge is 0.406 e. The molecule has 0 unspecified atom stereocenters. The van der Waals surface area contributed by atoms with E-state index in [9.17, 15) is 28.0 Å². The van der Waals surface area contributed by atoms with Gasteiger partial charge in [-0.15, -0.1) is 0 Å². The van der Waals surface area contributed by atoms with E-state index in [0.29, 0.717) is 10.5 Å². The monoisotopic (exact) mass is 484 g/mol. The lowest BCUT2D eigenvalue weighted by Crippen LogP contribution is -2.49. The van der Waals surface area contributed by atoms with Crippen LogP contribution in [0.25, 0.3) is 0 Å². The molecular weight excluding hydrogens is 469 g/mol. The van der Waals surface area contributed by atoms with Gasteiger partial charge in [0, 0.05) is 28.7 Å². The zero-order valence-corrected chi connectivity index (χ0v) is 18.1. The molecule has 2 atom stereocenters. The van der Waals surface area contributed by atoms with Crippen molar-refractivity contribution in [2.75, 3.05) is 11.9 Å². The first-order chi connectivity index (χ1) is 16.2. The van der Waals surface area contributed by atoms with Crippen molar-refractivity contribution in [1.29, 1.82) is 5.26 Å². The first kappa shape index (κ1) is 23.3. The molecule has 0 saturated heterocycles. The highest BCUT2D eigenvalue weighted by Gasteiger charge is 2.47. The molecule has 6 nitrogen and oxygen atoms in total. The van der Waals surface area contributed by atoms with Crippen LogP contribution in [0.2, 0.25) is 5.02 Å². The molecule has 1 N–H and O–H groups in total. The molecule has 1 aromatic heterocycles. The second-order valence-electron chi connectivity index (χ2n) is 7.67. The number of nitrogens with one attached hydrogen (secondary N) is 1. The van der Waals surface area contributed by atoms with Crippen LogP contribution in [0.15, 0.2) is 67.0 Å². The fourth-order valence-electron chi connectivity index (χ4n) is 4.11. The second kappa shape index (κ2) is 9.15. The highest BCUT2D eigenvalue weighted by Crippen LogP contribution is 2.44. The van der Waals surface area contributed by atoms with Gasteiger partial charge in [-0.1, -0.05) is 35.9 Å². The number of hydrogen-bond donors (Lipinski definition) is 1. The SMILES string of the molecule is N#Cc1cc(Cl)cc(NC(=O)[C@@H]2c3ccccc3C(=O)N(CC(F)(F)F)[C@H]2c2cccnc2)c1. The van der Waals surface area contributed by atoms with Gasteiger partial charge in [-0.3, -0.25) is 14.6 Å². The molecule has 3 aromatic rings. The Morgan fingerprint density at radius 3 is 2.62 bits per heavy atom. The van der Waals surface area contributed by atoms with Crippen molar-refractivity contribution in [3.05, 3.63) is 94.3 Å². The van der Waals surface area contributed by atoms with Crippen molar-refractivity contribution in [1.82, 2.24) is 9.88 Å². The summed E-state index contributed by atoms with van der Waals surface area (Å²) in [5.41, 5.74) is 0.981. The van der Waals surface area contributed by atoms with Crippen LogP contribution in [0.4, 0.5) is 18.9 Å². The Morgan fingerprint density at radius 2 is 1.94 bits per heavy atom. The number of hydrogen-bond acceptors (Lipinski definition) is 4. The summed E-state index contributed by atoms with van der Waals surface area (Å²) < 4.78 is 40.6. The number of amides is 2. The minimum Gasteiger partial charge on any atom is -0.325 e. The third-order valence-electron chi connectivity index (χ3n) is 5.39. The zero-order chi connectivity index (χ0) is 24.5. The first-order valence-electron chi connectivity index (χ1n) is 10.1. The topological polar surface area (TPSA) is 86.1 Å². The van der Waals surface area contributed by atoms with Gasteiger partial charge in [0.05, 0.1) is 23.6 Å². The normalized spacial score (nSPS) is 17.6. The molecule has 0 bridgehead atoms. The van der Waals surface area contributed by atoms with E-state index in [2.05, 4.69) is 10.3 Å². The van der Waals surface area contributed by atoms with Crippen LogP contribution >= 0.6 is 11.6 Å². The third-order valence-corrected chi connectivity index (χ3v) is 5.61. The Kier molecular flexibility index (Phi) is 6.26. The predicted octanol–water partition coefficient (Wildman–Crippen LogP) is 5.09. The third kappa shape index (κ3) is 4.72. The Morgan fingerprint density at radius 1 is 1.18 bits per heavy atom. The predicted molar refractivity (Wildman–Crippen MR) is 118 cm³/mol. The number of alkyl halides is 3. The summed E-state index contributed by atoms with van der Waals surface area (Å²) in [5.74, 6) is -2.68. The molecule has 0 radical (unpaired) electrons. The van der Waals surface area contributed by atoms with Crippen LogP contribution in [0.3, 0.4) is 0 Å². The molecule has 4 rings (SSSR count). The number of nitriles is 1. The molecule has 2 amide bonds. The van der Waals surface area contributed by atoms with Crippen molar-refractivity contribution in [3.8, 4) is 6.07 Å². The van der Waals surface area contributed by atoms with Gasteiger partial charge in [0.2, 0.25) is 5.91 Å². The average Bonchev–Trinajstić information content (AvgIpc) is 2.80. The van der Waals surface area contributed by atoms with Crippen molar-refractivity contribution >= 4 is 29.1 Å². The summed E-state index contributed by atoms with van der Waals surface area (Å²) in [5, 5.41) is 12.0. The molecule has 1 aliphatic heterocycles. The molecule has 34 heavy (non-hydrogen) atoms. The van der Waals surface area contributed by atoms with Crippen LogP contribution in [0, 0.1) is 11.3 Å². The number of nitrogens with zero attached hydrogens (tertiary/aromatic N) is 3. The van der Waals surface area contributed by atoms with Gasteiger partial charge in [0.25, 0.3) is 5.91 Å². The Balaban J connectivity index is 1.85. The van der Waals surface area contributed by atoms with E-state index in [4.69, 9.17) is 11.6 Å². The van der Waals surface area contributed by atoms with E-state index in [0.717, 1.165) is 0 Å². The highest BCUT2D eigenvalue weighted by molar-refractivity contribution is 6.31. The number of carbonyl (C=O) groups excluding carboxylic acids is 2. The van der Waals surface area contributed by atoms with E-state index in [-0.39, 0.29) is 27.4 Å². The molecule has 0 fully saturated rings. The zero-order valence-electron chi connectivity index (χ0n) is 17.4. The minimum absolute atomic E-state index is 0.0100. The van der Waals surface area contributed by atoms with Crippen molar-refractivity contribution in [3.63, 3.8) is 0 Å². The summed E-state index contributed by atoms with van der Waals surface area (Å²) in [4.78, 5) is 31.4. The number of fused-ring (bicyclic) bond motifs is 1. The number of aromatic nitrogens is 1. The maximum atomic E-state index is 13.6. The van der Waals surface area contributed by atoms with Crippen LogP contribution in [-0.2, 0) is 4.79 Å². The number of anilines is 1. The van der Waals surface area contributed by atoms with Gasteiger partial charge in [0.1, 0.15) is 6.54 Å². The van der Waals surface area contributed by atoms with Crippen LogP contribution in [-0.4, -0.2) is 34.4 Å². The van der Waals surface area contributed by atoms with Gasteiger partial charge >= 0.3 is 6.18 Å². The Hall–Kier alpha value is -3.90. The molecule has 0 saturated carbocycles. The van der Waals surface area contributed by atoms with E-state index in [1.165, 1.54) is 54.9 Å². The quantitative estimate of drug-likeness (QED) is 0.559. The number of halogens is 4. The molecule has 0 aliphatic carbocycles. The average molecular weight is 485 g/mol. The number of pyridine rings is 1. The maximum Gasteiger partial charge on any atom is 0.406 e. The van der Waals surface area contributed by atoms with Gasteiger partial charge in [-0.25, -0.2) is 0 Å². The standard InChI is InChI=1S/C24H16ClF3N4O2/c25-16-8-14(11-29)9-17(10-16)31-22(33)20-18-5-1-2-6-19(18)23(34)32(13-24(26,27)28)21(20)15-4-3-7-30-12-15/h1-10,12,20-21H,13H2,(H,31,33)/t20-,21+/m1/s1.